The Labute approximate surface area is 197 Å². The van der Waals surface area contributed by atoms with Crippen molar-refractivity contribution in [2.75, 3.05) is 26.1 Å². The van der Waals surface area contributed by atoms with Gasteiger partial charge in [-0.2, -0.15) is 0 Å². The lowest BCUT2D eigenvalue weighted by molar-refractivity contribution is -0.111. The molecule has 1 amide bonds. The summed E-state index contributed by atoms with van der Waals surface area (Å²) in [5.41, 5.74) is 0.538. The van der Waals surface area contributed by atoms with Crippen LogP contribution in [0.1, 0.15) is 58.9 Å². The number of amides is 1. The average Bonchev–Trinajstić information content (AvgIpc) is 3.06. The summed E-state index contributed by atoms with van der Waals surface area (Å²) in [5, 5.41) is 2.89. The number of ether oxygens (including phenoxy) is 4. The molecule has 178 valence electrons. The SMILES string of the molecule is CCOC(=O)c1c(NC(=O)/C=C/c2ccc(OC)c(OC)c2)sc(C(=O)OC(C)(C)C)c1C. The van der Waals surface area contributed by atoms with Crippen LogP contribution in [0.15, 0.2) is 24.3 Å². The van der Waals surface area contributed by atoms with Gasteiger partial charge in [-0.3, -0.25) is 4.79 Å². The molecule has 8 nitrogen and oxygen atoms in total. The molecule has 0 spiro atoms. The lowest BCUT2D eigenvalue weighted by Crippen LogP contribution is -2.23. The Balaban J connectivity index is 2.32. The van der Waals surface area contributed by atoms with E-state index in [1.54, 1.807) is 58.9 Å². The summed E-state index contributed by atoms with van der Waals surface area (Å²) in [6.07, 6.45) is 2.91. The Morgan fingerprint density at radius 3 is 2.30 bits per heavy atom. The normalized spacial score (nSPS) is 11.2. The first-order chi connectivity index (χ1) is 15.5. The molecule has 0 unspecified atom stereocenters. The Hall–Kier alpha value is -3.33. The van der Waals surface area contributed by atoms with Gasteiger partial charge in [0, 0.05) is 6.08 Å². The number of carbonyl (C=O) groups is 3. The molecule has 33 heavy (non-hydrogen) atoms. The van der Waals surface area contributed by atoms with Crippen molar-refractivity contribution in [3.63, 3.8) is 0 Å². The molecule has 1 aromatic carbocycles. The first-order valence-electron chi connectivity index (χ1n) is 10.3. The Morgan fingerprint density at radius 1 is 1.06 bits per heavy atom. The van der Waals surface area contributed by atoms with Crippen LogP contribution in [0.5, 0.6) is 11.5 Å². The maximum atomic E-state index is 12.6. The Bertz CT molecular complexity index is 1060. The topological polar surface area (TPSA) is 100 Å². The zero-order chi connectivity index (χ0) is 24.8. The molecule has 0 bridgehead atoms. The number of esters is 2. The first kappa shape index (κ1) is 25.9. The maximum absolute atomic E-state index is 12.6. The van der Waals surface area contributed by atoms with E-state index in [1.807, 2.05) is 0 Å². The second kappa shape index (κ2) is 11.0. The van der Waals surface area contributed by atoms with Crippen LogP contribution < -0.4 is 14.8 Å². The highest BCUT2D eigenvalue weighted by molar-refractivity contribution is 7.18. The molecule has 0 atom stereocenters. The summed E-state index contributed by atoms with van der Waals surface area (Å²) in [4.78, 5) is 38.0. The van der Waals surface area contributed by atoms with Crippen molar-refractivity contribution in [1.82, 2.24) is 0 Å². The van der Waals surface area contributed by atoms with Gasteiger partial charge in [-0.15, -0.1) is 11.3 Å². The minimum atomic E-state index is -0.705. The zero-order valence-corrected chi connectivity index (χ0v) is 20.7. The second-order valence-corrected chi connectivity index (χ2v) is 8.94. The summed E-state index contributed by atoms with van der Waals surface area (Å²) in [6.45, 7) is 8.71. The van der Waals surface area contributed by atoms with E-state index in [9.17, 15) is 14.4 Å². The van der Waals surface area contributed by atoms with Gasteiger partial charge in [0.25, 0.3) is 0 Å². The monoisotopic (exact) mass is 475 g/mol. The molecule has 1 heterocycles. The Morgan fingerprint density at radius 2 is 1.73 bits per heavy atom. The van der Waals surface area contributed by atoms with Crippen molar-refractivity contribution in [2.24, 2.45) is 0 Å². The summed E-state index contributed by atoms with van der Waals surface area (Å²) >= 11 is 0.972. The number of thiophene rings is 1. The van der Waals surface area contributed by atoms with Gasteiger partial charge in [0.2, 0.25) is 5.91 Å². The molecular formula is C24H29NO7S. The van der Waals surface area contributed by atoms with Gasteiger partial charge in [0.15, 0.2) is 11.5 Å². The van der Waals surface area contributed by atoms with Crippen molar-refractivity contribution < 1.29 is 33.3 Å². The van der Waals surface area contributed by atoms with Gasteiger partial charge in [-0.25, -0.2) is 9.59 Å². The van der Waals surface area contributed by atoms with Gasteiger partial charge < -0.3 is 24.3 Å². The lowest BCUT2D eigenvalue weighted by atomic mass is 10.1. The highest BCUT2D eigenvalue weighted by Crippen LogP contribution is 2.35. The van der Waals surface area contributed by atoms with Crippen molar-refractivity contribution >= 4 is 40.3 Å². The van der Waals surface area contributed by atoms with Crippen LogP contribution in [-0.2, 0) is 14.3 Å². The van der Waals surface area contributed by atoms with Gasteiger partial charge >= 0.3 is 11.9 Å². The van der Waals surface area contributed by atoms with Gasteiger partial charge in [0.1, 0.15) is 15.5 Å². The minimum Gasteiger partial charge on any atom is -0.493 e. The first-order valence-corrected chi connectivity index (χ1v) is 11.1. The summed E-state index contributed by atoms with van der Waals surface area (Å²) in [7, 11) is 3.06. The molecule has 2 aromatic rings. The average molecular weight is 476 g/mol. The quantitative estimate of drug-likeness (QED) is 0.430. The fourth-order valence-electron chi connectivity index (χ4n) is 2.85. The fourth-order valence-corrected chi connectivity index (χ4v) is 3.93. The van der Waals surface area contributed by atoms with E-state index < -0.39 is 23.4 Å². The highest BCUT2D eigenvalue weighted by atomic mass is 32.1. The number of hydrogen-bond acceptors (Lipinski definition) is 8. The summed E-state index contributed by atoms with van der Waals surface area (Å²) in [5.74, 6) is -0.577. The number of nitrogens with one attached hydrogen (secondary N) is 1. The van der Waals surface area contributed by atoms with E-state index in [0.717, 1.165) is 11.3 Å². The van der Waals surface area contributed by atoms with Gasteiger partial charge in [-0.1, -0.05) is 6.07 Å². The van der Waals surface area contributed by atoms with Crippen molar-refractivity contribution in [3.8, 4) is 11.5 Å². The van der Waals surface area contributed by atoms with E-state index in [4.69, 9.17) is 18.9 Å². The van der Waals surface area contributed by atoms with Crippen LogP contribution in [0, 0.1) is 6.92 Å². The predicted octanol–water partition coefficient (Wildman–Crippen LogP) is 4.86. The van der Waals surface area contributed by atoms with E-state index in [0.29, 0.717) is 22.6 Å². The zero-order valence-electron chi connectivity index (χ0n) is 19.9. The van der Waals surface area contributed by atoms with Gasteiger partial charge in [-0.05, 0) is 64.0 Å². The Kier molecular flexibility index (Phi) is 8.64. The third-order valence-electron chi connectivity index (χ3n) is 4.28. The number of hydrogen-bond donors (Lipinski definition) is 1. The molecule has 0 radical (unpaired) electrons. The van der Waals surface area contributed by atoms with E-state index >= 15 is 0 Å². The van der Waals surface area contributed by atoms with Crippen LogP contribution in [0.3, 0.4) is 0 Å². The van der Waals surface area contributed by atoms with Crippen LogP contribution >= 0.6 is 11.3 Å². The molecule has 0 saturated carbocycles. The van der Waals surface area contributed by atoms with Crippen LogP contribution in [0.2, 0.25) is 0 Å². The van der Waals surface area contributed by atoms with Crippen LogP contribution in [0.4, 0.5) is 5.00 Å². The molecule has 9 heteroatoms. The number of methoxy groups -OCH3 is 2. The molecular weight excluding hydrogens is 446 g/mol. The number of benzene rings is 1. The van der Waals surface area contributed by atoms with Crippen molar-refractivity contribution in [2.45, 2.75) is 40.2 Å². The van der Waals surface area contributed by atoms with E-state index in [1.165, 1.54) is 20.3 Å². The molecule has 1 N–H and O–H groups in total. The van der Waals surface area contributed by atoms with Crippen molar-refractivity contribution in [3.05, 3.63) is 45.8 Å². The molecule has 0 saturated heterocycles. The minimum absolute atomic E-state index is 0.135. The molecule has 2 rings (SSSR count). The summed E-state index contributed by atoms with van der Waals surface area (Å²) in [6, 6.07) is 5.22. The fraction of sp³-hybridized carbons (Fsp3) is 0.375. The molecule has 0 fully saturated rings. The largest absolute Gasteiger partial charge is 0.493 e. The third kappa shape index (κ3) is 6.82. The van der Waals surface area contributed by atoms with E-state index in [2.05, 4.69) is 5.32 Å². The number of rotatable bonds is 8. The lowest BCUT2D eigenvalue weighted by Gasteiger charge is -2.19. The highest BCUT2D eigenvalue weighted by Gasteiger charge is 2.29. The number of anilines is 1. The standard InChI is InChI=1S/C24H29NO7S/c1-8-31-22(27)19-14(2)20(23(28)32-24(3,4)5)33-21(19)25-18(26)12-10-15-9-11-16(29-6)17(13-15)30-7/h9-13H,8H2,1-7H3,(H,25,26)/b12-10+. The number of carbonyl (C=O) groups excluding carboxylic acids is 3. The predicted molar refractivity (Wildman–Crippen MR) is 127 cm³/mol. The molecule has 1 aromatic heterocycles. The second-order valence-electron chi connectivity index (χ2n) is 7.92. The smallest absolute Gasteiger partial charge is 0.349 e. The third-order valence-corrected chi connectivity index (χ3v) is 5.47. The summed E-state index contributed by atoms with van der Waals surface area (Å²) < 4.78 is 21.0. The van der Waals surface area contributed by atoms with Crippen LogP contribution in [0.25, 0.3) is 6.08 Å². The molecule has 0 aliphatic rings. The molecule has 0 aliphatic heterocycles. The molecule has 0 aliphatic carbocycles. The van der Waals surface area contributed by atoms with Crippen LogP contribution in [-0.4, -0.2) is 44.3 Å². The van der Waals surface area contributed by atoms with Gasteiger partial charge in [0.05, 0.1) is 26.4 Å². The van der Waals surface area contributed by atoms with E-state index in [-0.39, 0.29) is 22.0 Å². The van der Waals surface area contributed by atoms with Crippen molar-refractivity contribution in [1.29, 1.82) is 0 Å². The maximum Gasteiger partial charge on any atom is 0.349 e.